The second kappa shape index (κ2) is 46.1. The number of carbonyl (C=O) groups excluding carboxylic acids is 11. The van der Waals surface area contributed by atoms with Crippen molar-refractivity contribution < 1.29 is 67.4 Å². The third-order valence-electron chi connectivity index (χ3n) is 24.6. The van der Waals surface area contributed by atoms with Gasteiger partial charge in [-0.3, -0.25) is 52.7 Å². The number of rotatable bonds is 38. The molecule has 0 bridgehead atoms. The number of carbonyl (C=O) groups is 12. The highest BCUT2D eigenvalue weighted by Crippen LogP contribution is 2.39. The normalized spacial score (nSPS) is 11.4. The van der Waals surface area contributed by atoms with Crippen LogP contribution < -0.4 is 4.74 Å². The first-order valence-corrected chi connectivity index (χ1v) is 47.0. The number of nitrogens with zero attached hydrogens (tertiary/aromatic N) is 6. The maximum atomic E-state index is 12.9. The number of aryl methyl sites for hydroxylation is 4. The molecule has 10 aromatic carbocycles. The number of methoxy groups -OCH3 is 1. The molecule has 1 unspecified atom stereocenters. The Balaban J connectivity index is 0.000000161. The minimum atomic E-state index is -0.988. The van der Waals surface area contributed by atoms with E-state index < -0.39 is 5.97 Å². The number of benzene rings is 10. The van der Waals surface area contributed by atoms with Crippen molar-refractivity contribution in [3.05, 3.63) is 237 Å². The van der Waals surface area contributed by atoms with Crippen LogP contribution in [0.5, 0.6) is 5.75 Å². The molecule has 0 saturated heterocycles. The number of fused-ring (bicyclic) bond motifs is 15. The molecule has 15 rings (SSSR count). The number of hydrogen-bond donors (Lipinski definition) is 1. The lowest BCUT2D eigenvalue weighted by Crippen LogP contribution is -2.10. The van der Waals surface area contributed by atoms with Crippen molar-refractivity contribution >= 4 is 200 Å². The Hall–Kier alpha value is -13.2. The van der Waals surface area contributed by atoms with Crippen molar-refractivity contribution in [1.29, 1.82) is 0 Å². The van der Waals surface area contributed by atoms with E-state index in [2.05, 4.69) is 110 Å². The minimum absolute atomic E-state index is 0.0255. The predicted molar refractivity (Wildman–Crippen MR) is 535 cm³/mol. The molecule has 0 fully saturated rings. The summed E-state index contributed by atoms with van der Waals surface area (Å²) in [5.41, 5.74) is 14.9. The maximum Gasteiger partial charge on any atom is 0.335 e. The number of carboxylic acids is 1. The van der Waals surface area contributed by atoms with Gasteiger partial charge in [0.15, 0.2) is 40.4 Å². The molecular formula is C111H119BrN6O14. The van der Waals surface area contributed by atoms with Crippen LogP contribution in [0.3, 0.4) is 0 Å². The van der Waals surface area contributed by atoms with E-state index in [0.717, 1.165) is 202 Å². The van der Waals surface area contributed by atoms with Gasteiger partial charge in [0.05, 0.1) is 51.3 Å². The number of carboxylic acid groups (broad SMARTS) is 1. The number of ketones is 11. The molecule has 0 aliphatic rings. The third kappa shape index (κ3) is 23.4. The molecule has 0 saturated carbocycles. The average Bonchev–Trinajstić information content (AvgIpc) is 1.63. The fraction of sp³-hybridized carbons (Fsp3) is 0.342. The molecule has 5 aromatic heterocycles. The summed E-state index contributed by atoms with van der Waals surface area (Å²) < 4.78 is 17.5. The molecule has 0 aliphatic carbocycles. The van der Waals surface area contributed by atoms with Crippen LogP contribution in [0.1, 0.15) is 278 Å². The maximum absolute atomic E-state index is 12.9. The quantitative estimate of drug-likeness (QED) is 0.0163. The fourth-order valence-corrected chi connectivity index (χ4v) is 18.2. The summed E-state index contributed by atoms with van der Waals surface area (Å²) in [6.07, 6.45) is 14.0. The van der Waals surface area contributed by atoms with Crippen LogP contribution in [0, 0.1) is 12.5 Å². The Morgan fingerprint density at radius 1 is 0.333 bits per heavy atom. The Labute approximate surface area is 779 Å². The van der Waals surface area contributed by atoms with E-state index in [4.69, 9.17) is 11.3 Å². The zero-order valence-electron chi connectivity index (χ0n) is 78.2. The van der Waals surface area contributed by atoms with E-state index in [1.807, 2.05) is 134 Å². The van der Waals surface area contributed by atoms with Crippen LogP contribution in [-0.2, 0) is 56.7 Å². The van der Waals surface area contributed by atoms with Crippen LogP contribution >= 0.6 is 15.9 Å². The van der Waals surface area contributed by atoms with Crippen LogP contribution in [-0.4, -0.2) is 105 Å². The summed E-state index contributed by atoms with van der Waals surface area (Å²) in [7, 11) is 1.67. The molecule has 1 N–H and O–H groups in total. The Bertz CT molecular complexity index is 7010. The number of hydrogen-bond acceptors (Lipinski definition) is 13. The Morgan fingerprint density at radius 2 is 0.629 bits per heavy atom. The SMILES string of the molecule is CCCCC(CC)Cn1c2ccc(OC)cc2c2cc(C(=O)CC(C)=O)ccc21.CCCCCCCC(=O)CC(=O)c1ccc2c(c1)c1cc(C(=O)CCCCC)ccc1n2CC.CCn1c2ccc(Br)cc2c2cc(C(=O)CC(C)=O)ccc21.CCn1c2ccc(C(=O)O)cc2c2cc(C(=O)CC(C)=O)ccc21.[C-]#[N+]c1ccc2c(c1)c1cc(C(=O)CC(C)=O)ccc1n2CC. The first-order chi connectivity index (χ1) is 63.4. The second-order valence-corrected chi connectivity index (χ2v) is 35.1. The van der Waals surface area contributed by atoms with Gasteiger partial charge in [0.2, 0.25) is 0 Å². The summed E-state index contributed by atoms with van der Waals surface area (Å²) in [6.45, 7) is 34.1. The summed E-state index contributed by atoms with van der Waals surface area (Å²) in [5.74, 6) is -0.668. The van der Waals surface area contributed by atoms with E-state index in [1.165, 1.54) is 59.8 Å². The van der Waals surface area contributed by atoms with Gasteiger partial charge < -0.3 is 32.7 Å². The molecular weight excluding hydrogens is 1720 g/mol. The highest BCUT2D eigenvalue weighted by molar-refractivity contribution is 9.10. The number of unbranched alkanes of at least 4 members (excludes halogenated alkanes) is 7. The van der Waals surface area contributed by atoms with Gasteiger partial charge in [-0.15, -0.1) is 0 Å². The average molecular weight is 1840 g/mol. The van der Waals surface area contributed by atoms with E-state index in [1.54, 1.807) is 43.5 Å². The predicted octanol–water partition coefficient (Wildman–Crippen LogP) is 27.2. The molecule has 5 heterocycles. The molecule has 21 heteroatoms. The molecule has 0 spiro atoms. The minimum Gasteiger partial charge on any atom is -0.497 e. The van der Waals surface area contributed by atoms with Crippen molar-refractivity contribution in [3.63, 3.8) is 0 Å². The Morgan fingerprint density at radius 3 is 0.977 bits per heavy atom. The number of aromatic nitrogens is 5. The molecule has 132 heavy (non-hydrogen) atoms. The lowest BCUT2D eigenvalue weighted by molar-refractivity contribution is -0.118. The first-order valence-electron chi connectivity index (χ1n) is 46.2. The monoisotopic (exact) mass is 1840 g/mol. The summed E-state index contributed by atoms with van der Waals surface area (Å²) >= 11 is 3.51. The number of Topliss-reactive ketones (excluding diaryl/α,β-unsaturated/α-hetero) is 11. The zero-order valence-corrected chi connectivity index (χ0v) is 79.8. The number of ether oxygens (including phenoxy) is 1. The lowest BCUT2D eigenvalue weighted by atomic mass is 9.99. The van der Waals surface area contributed by atoms with Gasteiger partial charge in [-0.05, 0) is 262 Å². The first kappa shape index (κ1) is 99.4. The van der Waals surface area contributed by atoms with E-state index in [9.17, 15) is 62.6 Å². The second-order valence-electron chi connectivity index (χ2n) is 34.2. The van der Waals surface area contributed by atoms with Crippen LogP contribution in [0.25, 0.3) is 114 Å². The standard InChI is InChI=1S/C30H39NO3.C25H31NO3.C19H16N2O2.C19H17NO4.C18H16BrNO2/c1-4-7-9-10-12-13-24(32)21-30(34)23-16-18-28-26(20-23)25-19-22(29(33)14-11-8-5-2)15-17-27(25)31(28)6-3;1-5-7-8-18(6-2)16-26-23-11-9-19(25(28)13-17(3)27)14-21(23)22-15-20(29-4)10-12-24(22)26;1-4-21-17-7-5-13(19(23)9-12(2)22)10-15(17)16-11-14(20-3)6-8-18(16)21;1-3-20-16-6-4-12(18(22)8-11(2)21)9-14(16)15-10-13(19(23)24)5-7-17(15)20;1-3-20-16-6-4-12(18(22)8-11(2)21)9-14(16)15-10-13(19)5-7-17(15)20/h15-20H,4-14,21H2,1-3H3;9-12,14-15,18H,5-8,13,16H2,1-4H3;5-8,10-11H,4,9H2,1-2H3;4-7,9-10H,3,8H2,1-2H3,(H,23,24);4-7,9-10H,3,8H2,1-2H3. The van der Waals surface area contributed by atoms with Crippen LogP contribution in [0.4, 0.5) is 5.69 Å². The highest BCUT2D eigenvalue weighted by Gasteiger charge is 2.24. The Kier molecular flexibility index (Phi) is 34.7. The highest BCUT2D eigenvalue weighted by atomic mass is 79.9. The summed E-state index contributed by atoms with van der Waals surface area (Å²) in [4.78, 5) is 147. The van der Waals surface area contributed by atoms with Gasteiger partial charge in [-0.1, -0.05) is 107 Å². The van der Waals surface area contributed by atoms with Crippen molar-refractivity contribution in [1.82, 2.24) is 22.8 Å². The molecule has 0 radical (unpaired) electrons. The van der Waals surface area contributed by atoms with Crippen LogP contribution in [0.15, 0.2) is 186 Å². The third-order valence-corrected chi connectivity index (χ3v) is 25.1. The van der Waals surface area contributed by atoms with Gasteiger partial charge in [0.25, 0.3) is 0 Å². The molecule has 1 atom stereocenters. The van der Waals surface area contributed by atoms with E-state index >= 15 is 0 Å². The molecule has 0 aliphatic heterocycles. The molecule has 684 valence electrons. The van der Waals surface area contributed by atoms with Gasteiger partial charge in [0.1, 0.15) is 34.7 Å². The molecule has 0 amide bonds. The molecule has 20 nitrogen and oxygen atoms in total. The van der Waals surface area contributed by atoms with E-state index in [-0.39, 0.29) is 101 Å². The summed E-state index contributed by atoms with van der Waals surface area (Å²) in [5, 5.41) is 19.0. The smallest absolute Gasteiger partial charge is 0.335 e. The van der Waals surface area contributed by atoms with Gasteiger partial charge in [-0.25, -0.2) is 9.64 Å². The van der Waals surface area contributed by atoms with Crippen molar-refractivity contribution in [2.45, 2.75) is 238 Å². The van der Waals surface area contributed by atoms with Crippen molar-refractivity contribution in [3.8, 4) is 5.75 Å². The molecule has 15 aromatic rings. The van der Waals surface area contributed by atoms with Crippen LogP contribution in [0.2, 0.25) is 0 Å². The van der Waals surface area contributed by atoms with Gasteiger partial charge >= 0.3 is 5.97 Å². The van der Waals surface area contributed by atoms with Crippen molar-refractivity contribution in [2.24, 2.45) is 5.92 Å². The fourth-order valence-electron chi connectivity index (χ4n) is 17.9. The largest absolute Gasteiger partial charge is 0.497 e. The van der Waals surface area contributed by atoms with Crippen molar-refractivity contribution in [2.75, 3.05) is 7.11 Å². The van der Waals surface area contributed by atoms with Gasteiger partial charge in [-0.2, -0.15) is 0 Å². The number of halogens is 1. The topological polar surface area (TPSA) is 263 Å². The van der Waals surface area contributed by atoms with Gasteiger partial charge in [0, 0.05) is 187 Å². The van der Waals surface area contributed by atoms with E-state index in [0.29, 0.717) is 52.3 Å². The zero-order chi connectivity index (χ0) is 95.3. The lowest BCUT2D eigenvalue weighted by Gasteiger charge is -2.17. The number of aromatic carboxylic acids is 1. The summed E-state index contributed by atoms with van der Waals surface area (Å²) in [6, 6.07) is 56.9.